The molecule has 1 fully saturated rings. The van der Waals surface area contributed by atoms with Crippen LogP contribution in [0.2, 0.25) is 0 Å². The first-order valence-corrected chi connectivity index (χ1v) is 8.68. The molecule has 0 aromatic heterocycles. The third kappa shape index (κ3) is 5.45. The van der Waals surface area contributed by atoms with Crippen molar-refractivity contribution in [1.29, 1.82) is 0 Å². The Balaban J connectivity index is 0.00000261. The first kappa shape index (κ1) is 20.7. The summed E-state index contributed by atoms with van der Waals surface area (Å²) >= 11 is 0. The highest BCUT2D eigenvalue weighted by molar-refractivity contribution is 5.98. The van der Waals surface area contributed by atoms with E-state index in [1.54, 1.807) is 31.4 Å². The Labute approximate surface area is 165 Å². The molecule has 1 aliphatic rings. The van der Waals surface area contributed by atoms with E-state index in [9.17, 15) is 9.59 Å². The van der Waals surface area contributed by atoms with Gasteiger partial charge >= 0.3 is 0 Å². The molecule has 2 amide bonds. The Morgan fingerprint density at radius 1 is 1.11 bits per heavy atom. The van der Waals surface area contributed by atoms with Crippen LogP contribution >= 0.6 is 12.4 Å². The second-order valence-electron chi connectivity index (χ2n) is 6.24. The second kappa shape index (κ2) is 9.94. The number of rotatable bonds is 6. The number of ether oxygens (including phenoxy) is 1. The molecule has 0 spiro atoms. The van der Waals surface area contributed by atoms with Crippen LogP contribution < -0.4 is 20.7 Å². The minimum Gasteiger partial charge on any atom is -0.497 e. The van der Waals surface area contributed by atoms with Gasteiger partial charge in [-0.25, -0.2) is 0 Å². The van der Waals surface area contributed by atoms with Crippen molar-refractivity contribution in [3.8, 4) is 5.75 Å². The number of carbonyl (C=O) groups excluding carboxylic acids is 2. The van der Waals surface area contributed by atoms with E-state index in [-0.39, 0.29) is 30.3 Å². The van der Waals surface area contributed by atoms with E-state index in [2.05, 4.69) is 16.0 Å². The lowest BCUT2D eigenvalue weighted by molar-refractivity contribution is -0.123. The number of amides is 2. The van der Waals surface area contributed by atoms with Crippen molar-refractivity contribution in [3.63, 3.8) is 0 Å². The van der Waals surface area contributed by atoms with Crippen LogP contribution in [0.1, 0.15) is 28.4 Å². The minimum absolute atomic E-state index is 0. The highest BCUT2D eigenvalue weighted by atomic mass is 35.5. The zero-order valence-corrected chi connectivity index (χ0v) is 15.9. The fourth-order valence-electron chi connectivity index (χ4n) is 2.96. The molecule has 6 nitrogen and oxygen atoms in total. The zero-order valence-electron chi connectivity index (χ0n) is 15.1. The van der Waals surface area contributed by atoms with E-state index in [4.69, 9.17) is 4.74 Å². The van der Waals surface area contributed by atoms with Gasteiger partial charge < -0.3 is 20.7 Å². The van der Waals surface area contributed by atoms with Gasteiger partial charge in [0.15, 0.2) is 0 Å². The maximum absolute atomic E-state index is 12.8. The molecule has 2 aromatic rings. The molecule has 3 N–H and O–H groups in total. The molecular formula is C20H24ClN3O3. The van der Waals surface area contributed by atoms with Gasteiger partial charge in [0, 0.05) is 18.2 Å². The van der Waals surface area contributed by atoms with E-state index in [0.29, 0.717) is 11.3 Å². The largest absolute Gasteiger partial charge is 0.497 e. The molecule has 2 aromatic carbocycles. The third-order valence-electron chi connectivity index (χ3n) is 4.43. The Morgan fingerprint density at radius 2 is 1.81 bits per heavy atom. The van der Waals surface area contributed by atoms with E-state index in [0.717, 1.165) is 25.1 Å². The van der Waals surface area contributed by atoms with Crippen molar-refractivity contribution in [2.75, 3.05) is 20.2 Å². The van der Waals surface area contributed by atoms with Crippen LogP contribution in [0.4, 0.5) is 0 Å². The predicted molar refractivity (Wildman–Crippen MR) is 106 cm³/mol. The van der Waals surface area contributed by atoms with Gasteiger partial charge in [-0.2, -0.15) is 0 Å². The van der Waals surface area contributed by atoms with Gasteiger partial charge in [0.2, 0.25) is 5.91 Å². The second-order valence-corrected chi connectivity index (χ2v) is 6.24. The van der Waals surface area contributed by atoms with Crippen molar-refractivity contribution in [3.05, 3.63) is 65.7 Å². The quantitative estimate of drug-likeness (QED) is 0.706. The van der Waals surface area contributed by atoms with Crippen molar-refractivity contribution < 1.29 is 14.3 Å². The number of hydrogen-bond acceptors (Lipinski definition) is 4. The standard InChI is InChI=1S/C20H23N3O3.ClH/c1-26-17-9-7-15(8-10-17)19(24)23-18(14-5-3-2-4-6-14)20(25)22-16-11-12-21-13-16;/h2-10,16,18,21H,11-13H2,1H3,(H,22,25)(H,23,24);1H. The van der Waals surface area contributed by atoms with E-state index in [1.807, 2.05) is 30.3 Å². The van der Waals surface area contributed by atoms with Gasteiger partial charge in [-0.15, -0.1) is 12.4 Å². The fraction of sp³-hybridized carbons (Fsp3) is 0.300. The minimum atomic E-state index is -0.744. The van der Waals surface area contributed by atoms with Crippen molar-refractivity contribution >= 4 is 24.2 Å². The number of hydrogen-bond donors (Lipinski definition) is 3. The molecule has 2 atom stereocenters. The molecule has 3 rings (SSSR count). The van der Waals surface area contributed by atoms with Crippen LogP contribution in [-0.4, -0.2) is 38.1 Å². The monoisotopic (exact) mass is 389 g/mol. The molecule has 0 aliphatic carbocycles. The molecule has 1 aliphatic heterocycles. The first-order valence-electron chi connectivity index (χ1n) is 8.68. The van der Waals surface area contributed by atoms with Crippen LogP contribution in [0, 0.1) is 0 Å². The maximum atomic E-state index is 12.8. The lowest BCUT2D eigenvalue weighted by Crippen LogP contribution is -2.45. The van der Waals surface area contributed by atoms with Gasteiger partial charge in [0.1, 0.15) is 11.8 Å². The van der Waals surface area contributed by atoms with Gasteiger partial charge in [-0.3, -0.25) is 9.59 Å². The molecule has 27 heavy (non-hydrogen) atoms. The van der Waals surface area contributed by atoms with E-state index < -0.39 is 6.04 Å². The summed E-state index contributed by atoms with van der Waals surface area (Å²) in [6, 6.07) is 15.4. The van der Waals surface area contributed by atoms with Crippen LogP contribution in [-0.2, 0) is 4.79 Å². The number of benzene rings is 2. The molecular weight excluding hydrogens is 366 g/mol. The maximum Gasteiger partial charge on any atom is 0.252 e. The van der Waals surface area contributed by atoms with Crippen molar-refractivity contribution in [2.45, 2.75) is 18.5 Å². The van der Waals surface area contributed by atoms with Crippen molar-refractivity contribution in [1.82, 2.24) is 16.0 Å². The van der Waals surface area contributed by atoms with Gasteiger partial charge in [-0.1, -0.05) is 30.3 Å². The number of methoxy groups -OCH3 is 1. The Bertz CT molecular complexity index is 747. The summed E-state index contributed by atoms with van der Waals surface area (Å²) in [5.74, 6) is 0.167. The van der Waals surface area contributed by atoms with Crippen LogP contribution in [0.25, 0.3) is 0 Å². The topological polar surface area (TPSA) is 79.5 Å². The van der Waals surface area contributed by atoms with Crippen LogP contribution in [0.15, 0.2) is 54.6 Å². The molecule has 1 heterocycles. The summed E-state index contributed by atoms with van der Waals surface area (Å²) in [4.78, 5) is 25.4. The van der Waals surface area contributed by atoms with Gasteiger partial charge in [0.05, 0.1) is 7.11 Å². The molecule has 0 bridgehead atoms. The number of halogens is 1. The molecule has 7 heteroatoms. The Morgan fingerprint density at radius 3 is 2.41 bits per heavy atom. The lowest BCUT2D eigenvalue weighted by atomic mass is 10.0. The summed E-state index contributed by atoms with van der Waals surface area (Å²) in [5.41, 5.74) is 1.22. The predicted octanol–water partition coefficient (Wildman–Crippen LogP) is 2.07. The third-order valence-corrected chi connectivity index (χ3v) is 4.43. The smallest absolute Gasteiger partial charge is 0.252 e. The van der Waals surface area contributed by atoms with E-state index >= 15 is 0 Å². The lowest BCUT2D eigenvalue weighted by Gasteiger charge is -2.21. The average Bonchev–Trinajstić information content (AvgIpc) is 3.19. The van der Waals surface area contributed by atoms with Crippen LogP contribution in [0.5, 0.6) is 5.75 Å². The summed E-state index contributed by atoms with van der Waals surface area (Å²) < 4.78 is 5.11. The SMILES string of the molecule is COc1ccc(C(=O)NC(C(=O)NC2CCNC2)c2ccccc2)cc1.Cl. The van der Waals surface area contributed by atoms with E-state index in [1.165, 1.54) is 0 Å². The molecule has 1 saturated heterocycles. The number of nitrogens with one attached hydrogen (secondary N) is 3. The summed E-state index contributed by atoms with van der Waals surface area (Å²) in [6.45, 7) is 1.64. The summed E-state index contributed by atoms with van der Waals surface area (Å²) in [6.07, 6.45) is 0.889. The first-order chi connectivity index (χ1) is 12.7. The Hall–Kier alpha value is -2.57. The molecule has 0 saturated carbocycles. The van der Waals surface area contributed by atoms with Gasteiger partial charge in [-0.05, 0) is 42.8 Å². The summed E-state index contributed by atoms with van der Waals surface area (Å²) in [5, 5.41) is 9.08. The van der Waals surface area contributed by atoms with Gasteiger partial charge in [0.25, 0.3) is 5.91 Å². The highest BCUT2D eigenvalue weighted by Crippen LogP contribution is 2.16. The summed E-state index contributed by atoms with van der Waals surface area (Å²) in [7, 11) is 1.57. The molecule has 144 valence electrons. The van der Waals surface area contributed by atoms with Crippen LogP contribution in [0.3, 0.4) is 0 Å². The average molecular weight is 390 g/mol. The highest BCUT2D eigenvalue weighted by Gasteiger charge is 2.26. The Kier molecular flexibility index (Phi) is 7.64. The molecule has 2 unspecified atom stereocenters. The zero-order chi connectivity index (χ0) is 18.4. The molecule has 0 radical (unpaired) electrons. The van der Waals surface area contributed by atoms with Crippen molar-refractivity contribution in [2.24, 2.45) is 0 Å². The normalized spacial score (nSPS) is 16.7. The number of carbonyl (C=O) groups is 2. The fourth-order valence-corrected chi connectivity index (χ4v) is 2.96.